The van der Waals surface area contributed by atoms with Crippen LogP contribution in [0.4, 0.5) is 4.39 Å². The van der Waals surface area contributed by atoms with Gasteiger partial charge in [-0.2, -0.15) is 0 Å². The average Bonchev–Trinajstić information content (AvgIpc) is 2.77. The highest BCUT2D eigenvalue weighted by atomic mass is 19.1. The van der Waals surface area contributed by atoms with Gasteiger partial charge in [-0.3, -0.25) is 4.79 Å². The number of benzene rings is 1. The lowest BCUT2D eigenvalue weighted by Crippen LogP contribution is -2.52. The van der Waals surface area contributed by atoms with Crippen LogP contribution in [0, 0.1) is 12.7 Å². The monoisotopic (exact) mass is 290 g/mol. The highest BCUT2D eigenvalue weighted by Crippen LogP contribution is 2.28. The number of aryl methyl sites for hydroxylation is 1. The Balaban J connectivity index is 1.98. The van der Waals surface area contributed by atoms with Crippen LogP contribution >= 0.6 is 0 Å². The minimum absolute atomic E-state index is 0.119. The number of fused-ring (bicyclic) bond motifs is 1. The normalized spacial score (nSPS) is 20.2. The Labute approximate surface area is 123 Å². The van der Waals surface area contributed by atoms with Gasteiger partial charge in [-0.25, -0.2) is 4.39 Å². The van der Waals surface area contributed by atoms with Gasteiger partial charge in [0.2, 0.25) is 0 Å². The first-order valence-corrected chi connectivity index (χ1v) is 7.16. The lowest BCUT2D eigenvalue weighted by atomic mass is 10.1. The molecule has 1 saturated heterocycles. The molecule has 1 atom stereocenters. The minimum atomic E-state index is -0.430. The lowest BCUT2D eigenvalue weighted by molar-refractivity contribution is 0.0504. The topological polar surface area (TPSA) is 36.7 Å². The van der Waals surface area contributed by atoms with Crippen molar-refractivity contribution in [2.75, 3.05) is 26.7 Å². The van der Waals surface area contributed by atoms with Crippen molar-refractivity contribution in [2.24, 2.45) is 0 Å². The molecule has 0 spiro atoms. The summed E-state index contributed by atoms with van der Waals surface area (Å²) in [4.78, 5) is 16.7. The van der Waals surface area contributed by atoms with E-state index in [1.807, 2.05) is 18.9 Å². The molecule has 0 bridgehead atoms. The number of rotatable bonds is 1. The van der Waals surface area contributed by atoms with Gasteiger partial charge in [0.25, 0.3) is 5.91 Å². The molecule has 1 aromatic carbocycles. The summed E-state index contributed by atoms with van der Waals surface area (Å²) >= 11 is 0. The van der Waals surface area contributed by atoms with Crippen LogP contribution < -0.4 is 0 Å². The Kier molecular flexibility index (Phi) is 3.45. The molecule has 21 heavy (non-hydrogen) atoms. The molecular formula is C16H19FN2O2. The van der Waals surface area contributed by atoms with E-state index in [2.05, 4.69) is 4.90 Å². The minimum Gasteiger partial charge on any atom is -0.448 e. The van der Waals surface area contributed by atoms with Crippen LogP contribution in [0.15, 0.2) is 22.6 Å². The molecule has 0 radical (unpaired) electrons. The number of hydrogen-bond acceptors (Lipinski definition) is 3. The van der Waals surface area contributed by atoms with Gasteiger partial charge < -0.3 is 14.2 Å². The summed E-state index contributed by atoms with van der Waals surface area (Å²) in [5, 5.41) is 0.667. The van der Waals surface area contributed by atoms with Crippen LogP contribution in [-0.2, 0) is 0 Å². The molecule has 1 aliphatic rings. The van der Waals surface area contributed by atoms with Crippen molar-refractivity contribution in [1.82, 2.24) is 9.80 Å². The van der Waals surface area contributed by atoms with Crippen molar-refractivity contribution < 1.29 is 13.6 Å². The molecule has 5 heteroatoms. The largest absolute Gasteiger partial charge is 0.448 e. The molecule has 2 heterocycles. The zero-order valence-corrected chi connectivity index (χ0v) is 12.5. The van der Waals surface area contributed by atoms with Gasteiger partial charge in [0.15, 0.2) is 17.2 Å². The van der Waals surface area contributed by atoms with E-state index < -0.39 is 5.82 Å². The van der Waals surface area contributed by atoms with Crippen molar-refractivity contribution in [3.63, 3.8) is 0 Å². The molecule has 0 N–H and O–H groups in total. The predicted octanol–water partition coefficient (Wildman–Crippen LogP) is 2.66. The number of hydrogen-bond donors (Lipinski definition) is 0. The summed E-state index contributed by atoms with van der Waals surface area (Å²) < 4.78 is 19.3. The van der Waals surface area contributed by atoms with Crippen LogP contribution in [0.2, 0.25) is 0 Å². The zero-order valence-electron chi connectivity index (χ0n) is 12.5. The van der Waals surface area contributed by atoms with E-state index in [0.717, 1.165) is 13.1 Å². The first-order chi connectivity index (χ1) is 9.99. The summed E-state index contributed by atoms with van der Waals surface area (Å²) in [6.45, 7) is 6.16. The van der Waals surface area contributed by atoms with E-state index in [-0.39, 0.29) is 23.3 Å². The van der Waals surface area contributed by atoms with E-state index in [1.165, 1.54) is 6.07 Å². The van der Waals surface area contributed by atoms with Crippen LogP contribution in [-0.4, -0.2) is 48.4 Å². The van der Waals surface area contributed by atoms with Crippen LogP contribution in [0.1, 0.15) is 23.0 Å². The lowest BCUT2D eigenvalue weighted by Gasteiger charge is -2.37. The molecule has 3 rings (SSSR count). The standard InChI is InChI=1S/C16H19FN2O2/c1-10-9-18(3)7-8-19(10)16(20)14-11(2)12-5-4-6-13(17)15(12)21-14/h4-6,10H,7-9H2,1-3H3. The second kappa shape index (κ2) is 5.15. The van der Waals surface area contributed by atoms with Gasteiger partial charge in [0.05, 0.1) is 0 Å². The number of amides is 1. The third-order valence-electron chi connectivity index (χ3n) is 4.20. The number of halogens is 1. The second-order valence-electron chi connectivity index (χ2n) is 5.78. The number of para-hydroxylation sites is 1. The fraction of sp³-hybridized carbons (Fsp3) is 0.438. The van der Waals surface area contributed by atoms with Crippen molar-refractivity contribution in [3.8, 4) is 0 Å². The summed E-state index contributed by atoms with van der Waals surface area (Å²) in [7, 11) is 2.04. The fourth-order valence-electron chi connectivity index (χ4n) is 2.98. The highest BCUT2D eigenvalue weighted by Gasteiger charge is 2.30. The third kappa shape index (κ3) is 2.31. The van der Waals surface area contributed by atoms with E-state index >= 15 is 0 Å². The Morgan fingerprint density at radius 1 is 1.38 bits per heavy atom. The Morgan fingerprint density at radius 3 is 2.81 bits per heavy atom. The van der Waals surface area contributed by atoms with Crippen LogP contribution in [0.25, 0.3) is 11.0 Å². The number of carbonyl (C=O) groups is 1. The number of furan rings is 1. The molecule has 1 fully saturated rings. The molecule has 0 aliphatic carbocycles. The molecular weight excluding hydrogens is 271 g/mol. The first-order valence-electron chi connectivity index (χ1n) is 7.16. The predicted molar refractivity (Wildman–Crippen MR) is 78.9 cm³/mol. The van der Waals surface area contributed by atoms with Crippen molar-refractivity contribution in [3.05, 3.63) is 35.3 Å². The van der Waals surface area contributed by atoms with Gasteiger partial charge >= 0.3 is 0 Å². The van der Waals surface area contributed by atoms with Crippen molar-refractivity contribution >= 4 is 16.9 Å². The first kappa shape index (κ1) is 14.1. The van der Waals surface area contributed by atoms with Crippen molar-refractivity contribution in [2.45, 2.75) is 19.9 Å². The molecule has 2 aromatic rings. The van der Waals surface area contributed by atoms with E-state index in [1.54, 1.807) is 19.1 Å². The number of piperazine rings is 1. The van der Waals surface area contributed by atoms with E-state index in [9.17, 15) is 9.18 Å². The van der Waals surface area contributed by atoms with Gasteiger partial charge in [0, 0.05) is 36.6 Å². The summed E-state index contributed by atoms with van der Waals surface area (Å²) in [5.41, 5.74) is 0.876. The van der Waals surface area contributed by atoms with E-state index in [0.29, 0.717) is 17.5 Å². The molecule has 4 nitrogen and oxygen atoms in total. The van der Waals surface area contributed by atoms with Crippen LogP contribution in [0.3, 0.4) is 0 Å². The quantitative estimate of drug-likeness (QED) is 0.810. The molecule has 1 amide bonds. The smallest absolute Gasteiger partial charge is 0.290 e. The Hall–Kier alpha value is -1.88. The van der Waals surface area contributed by atoms with E-state index in [4.69, 9.17) is 4.42 Å². The number of nitrogens with zero attached hydrogens (tertiary/aromatic N) is 2. The molecule has 1 aromatic heterocycles. The van der Waals surface area contributed by atoms with Crippen molar-refractivity contribution in [1.29, 1.82) is 0 Å². The maximum atomic E-state index is 13.8. The zero-order chi connectivity index (χ0) is 15.1. The van der Waals surface area contributed by atoms with Gasteiger partial charge in [0.1, 0.15) is 0 Å². The summed E-state index contributed by atoms with van der Waals surface area (Å²) in [6, 6.07) is 4.88. The summed E-state index contributed by atoms with van der Waals surface area (Å²) in [6.07, 6.45) is 0. The summed E-state index contributed by atoms with van der Waals surface area (Å²) in [5.74, 6) is -0.323. The van der Waals surface area contributed by atoms with Gasteiger partial charge in [-0.15, -0.1) is 0 Å². The number of carbonyl (C=O) groups excluding carboxylic acids is 1. The van der Waals surface area contributed by atoms with Gasteiger partial charge in [-0.1, -0.05) is 12.1 Å². The maximum absolute atomic E-state index is 13.8. The average molecular weight is 290 g/mol. The van der Waals surface area contributed by atoms with Gasteiger partial charge in [-0.05, 0) is 27.0 Å². The molecule has 112 valence electrons. The SMILES string of the molecule is Cc1c(C(=O)N2CCN(C)CC2C)oc2c(F)cccc12. The fourth-order valence-corrected chi connectivity index (χ4v) is 2.98. The molecule has 0 saturated carbocycles. The third-order valence-corrected chi connectivity index (χ3v) is 4.20. The highest BCUT2D eigenvalue weighted by molar-refractivity contribution is 5.99. The van der Waals surface area contributed by atoms with Crippen LogP contribution in [0.5, 0.6) is 0 Å². The number of likely N-dealkylation sites (N-methyl/N-ethyl adjacent to an activating group) is 1. The molecule has 1 unspecified atom stereocenters. The Morgan fingerprint density at radius 2 is 2.14 bits per heavy atom. The maximum Gasteiger partial charge on any atom is 0.290 e. The Bertz CT molecular complexity index is 695. The molecule has 1 aliphatic heterocycles. The second-order valence-corrected chi connectivity index (χ2v) is 5.78.